The Labute approximate surface area is 139 Å². The molecular formula is C18H16N4O2. The molecule has 1 aliphatic rings. The Morgan fingerprint density at radius 2 is 2.00 bits per heavy atom. The molecule has 1 unspecified atom stereocenters. The van der Waals surface area contributed by atoms with E-state index in [0.717, 1.165) is 0 Å². The highest BCUT2D eigenvalue weighted by Crippen LogP contribution is 2.30. The Kier molecular flexibility index (Phi) is 4.17. The van der Waals surface area contributed by atoms with Crippen LogP contribution in [-0.4, -0.2) is 17.9 Å². The van der Waals surface area contributed by atoms with Crippen LogP contribution in [0.2, 0.25) is 0 Å². The number of carbonyl (C=O) groups is 2. The van der Waals surface area contributed by atoms with E-state index in [9.17, 15) is 9.59 Å². The molecule has 1 atom stereocenters. The Hall–Kier alpha value is -3.33. The molecular weight excluding hydrogens is 304 g/mol. The summed E-state index contributed by atoms with van der Waals surface area (Å²) in [7, 11) is 0. The fourth-order valence-corrected chi connectivity index (χ4v) is 2.60. The van der Waals surface area contributed by atoms with Crippen LogP contribution in [0.25, 0.3) is 0 Å². The lowest BCUT2D eigenvalue weighted by Crippen LogP contribution is -2.20. The number of anilines is 3. The van der Waals surface area contributed by atoms with E-state index in [2.05, 4.69) is 16.0 Å². The summed E-state index contributed by atoms with van der Waals surface area (Å²) in [5.74, 6) is -0.370. The molecule has 0 radical (unpaired) electrons. The van der Waals surface area contributed by atoms with Gasteiger partial charge in [0.15, 0.2) is 0 Å². The number of hydrogen-bond acceptors (Lipinski definition) is 4. The molecule has 0 bridgehead atoms. The molecule has 0 fully saturated rings. The zero-order valence-corrected chi connectivity index (χ0v) is 13.1. The molecule has 1 aliphatic heterocycles. The lowest BCUT2D eigenvalue weighted by Gasteiger charge is -2.16. The van der Waals surface area contributed by atoms with Crippen molar-refractivity contribution in [2.75, 3.05) is 16.0 Å². The normalized spacial score (nSPS) is 16.0. The van der Waals surface area contributed by atoms with Gasteiger partial charge in [-0.25, -0.2) is 0 Å². The van der Waals surface area contributed by atoms with Gasteiger partial charge < -0.3 is 16.0 Å². The molecule has 0 saturated heterocycles. The van der Waals surface area contributed by atoms with Crippen molar-refractivity contribution in [3.05, 3.63) is 53.6 Å². The molecule has 6 heteroatoms. The number of nitriles is 1. The van der Waals surface area contributed by atoms with Crippen LogP contribution in [-0.2, 0) is 4.79 Å². The van der Waals surface area contributed by atoms with Gasteiger partial charge in [0.25, 0.3) is 5.91 Å². The molecule has 3 N–H and O–H groups in total. The summed E-state index contributed by atoms with van der Waals surface area (Å²) in [5.41, 5.74) is 2.78. The minimum atomic E-state index is -0.285. The maximum absolute atomic E-state index is 12.6. The van der Waals surface area contributed by atoms with Gasteiger partial charge in [0.1, 0.15) is 0 Å². The third-order valence-corrected chi connectivity index (χ3v) is 3.74. The van der Waals surface area contributed by atoms with Gasteiger partial charge in [-0.05, 0) is 43.3 Å². The molecule has 2 aromatic rings. The fraction of sp³-hybridized carbons (Fsp3) is 0.167. The number of rotatable bonds is 2. The van der Waals surface area contributed by atoms with Crippen LogP contribution in [0.1, 0.15) is 29.3 Å². The van der Waals surface area contributed by atoms with Crippen LogP contribution in [0.3, 0.4) is 0 Å². The first-order valence-electron chi connectivity index (χ1n) is 7.58. The average Bonchev–Trinajstić information content (AvgIpc) is 2.71. The zero-order chi connectivity index (χ0) is 17.1. The molecule has 2 amide bonds. The molecule has 1 heterocycles. The summed E-state index contributed by atoms with van der Waals surface area (Å²) in [6, 6.07) is 13.8. The topological polar surface area (TPSA) is 94.0 Å². The number of nitrogens with zero attached hydrogens (tertiary/aromatic N) is 1. The maximum atomic E-state index is 12.6. The van der Waals surface area contributed by atoms with Gasteiger partial charge in [0.2, 0.25) is 5.91 Å². The number of para-hydroxylation sites is 1. The van der Waals surface area contributed by atoms with Gasteiger partial charge in [-0.3, -0.25) is 9.59 Å². The SMILES string of the molecule is CC1CC(=O)Nc2cccc(C(=O)Nc3ccc(C#N)cc3)c2N1. The van der Waals surface area contributed by atoms with Crippen LogP contribution < -0.4 is 16.0 Å². The van der Waals surface area contributed by atoms with Crippen LogP contribution in [0, 0.1) is 11.3 Å². The van der Waals surface area contributed by atoms with Crippen LogP contribution in [0.5, 0.6) is 0 Å². The number of nitrogens with one attached hydrogen (secondary N) is 3. The van der Waals surface area contributed by atoms with Gasteiger partial charge >= 0.3 is 0 Å². The molecule has 0 aromatic heterocycles. The van der Waals surface area contributed by atoms with Crippen LogP contribution in [0.4, 0.5) is 17.1 Å². The van der Waals surface area contributed by atoms with Gasteiger partial charge in [0.05, 0.1) is 28.6 Å². The second-order valence-electron chi connectivity index (χ2n) is 5.67. The van der Waals surface area contributed by atoms with E-state index in [-0.39, 0.29) is 17.9 Å². The Morgan fingerprint density at radius 1 is 1.25 bits per heavy atom. The Bertz CT molecular complexity index is 837. The third kappa shape index (κ3) is 3.20. The van der Waals surface area contributed by atoms with Crippen molar-refractivity contribution in [2.24, 2.45) is 0 Å². The second kappa shape index (κ2) is 6.42. The summed E-state index contributed by atoms with van der Waals surface area (Å²) in [5, 5.41) is 17.6. The molecule has 120 valence electrons. The van der Waals surface area contributed by atoms with E-state index < -0.39 is 0 Å². The minimum absolute atomic E-state index is 0.0740. The van der Waals surface area contributed by atoms with E-state index in [1.165, 1.54) is 0 Å². The molecule has 3 rings (SSSR count). The predicted molar refractivity (Wildman–Crippen MR) is 91.9 cm³/mol. The standard InChI is InChI=1S/C18H16N4O2/c1-11-9-16(23)22-15-4-2-3-14(17(15)20-11)18(24)21-13-7-5-12(10-19)6-8-13/h2-8,11,20H,9H2,1H3,(H,21,24)(H,22,23). The van der Waals surface area contributed by atoms with Gasteiger partial charge in [-0.1, -0.05) is 6.07 Å². The van der Waals surface area contributed by atoms with Crippen molar-refractivity contribution in [1.82, 2.24) is 0 Å². The van der Waals surface area contributed by atoms with Crippen molar-refractivity contribution >= 4 is 28.9 Å². The molecule has 0 saturated carbocycles. The van der Waals surface area contributed by atoms with Crippen molar-refractivity contribution in [1.29, 1.82) is 5.26 Å². The monoisotopic (exact) mass is 320 g/mol. The van der Waals surface area contributed by atoms with Crippen molar-refractivity contribution < 1.29 is 9.59 Å². The highest BCUT2D eigenvalue weighted by atomic mass is 16.2. The molecule has 2 aromatic carbocycles. The summed E-state index contributed by atoms with van der Waals surface area (Å²) in [4.78, 5) is 24.4. The maximum Gasteiger partial charge on any atom is 0.257 e. The summed E-state index contributed by atoms with van der Waals surface area (Å²) in [6.07, 6.45) is 0.339. The highest BCUT2D eigenvalue weighted by molar-refractivity contribution is 6.11. The predicted octanol–water partition coefficient (Wildman–Crippen LogP) is 2.95. The molecule has 0 aliphatic carbocycles. The van der Waals surface area contributed by atoms with E-state index in [1.54, 1.807) is 42.5 Å². The fourth-order valence-electron chi connectivity index (χ4n) is 2.60. The average molecular weight is 320 g/mol. The van der Waals surface area contributed by atoms with E-state index in [1.807, 2.05) is 13.0 Å². The number of carbonyl (C=O) groups excluding carboxylic acids is 2. The lowest BCUT2D eigenvalue weighted by atomic mass is 10.1. The largest absolute Gasteiger partial charge is 0.380 e. The van der Waals surface area contributed by atoms with Crippen LogP contribution in [0.15, 0.2) is 42.5 Å². The third-order valence-electron chi connectivity index (χ3n) is 3.74. The van der Waals surface area contributed by atoms with Gasteiger partial charge in [-0.15, -0.1) is 0 Å². The second-order valence-corrected chi connectivity index (χ2v) is 5.67. The summed E-state index contributed by atoms with van der Waals surface area (Å²) < 4.78 is 0. The first-order valence-corrected chi connectivity index (χ1v) is 7.58. The minimum Gasteiger partial charge on any atom is -0.380 e. The molecule has 0 spiro atoms. The first kappa shape index (κ1) is 15.6. The number of benzene rings is 2. The number of fused-ring (bicyclic) bond motifs is 1. The van der Waals surface area contributed by atoms with Gasteiger partial charge in [-0.2, -0.15) is 5.26 Å². The summed E-state index contributed by atoms with van der Waals surface area (Å²) in [6.45, 7) is 1.89. The van der Waals surface area contributed by atoms with Crippen molar-refractivity contribution in [2.45, 2.75) is 19.4 Å². The lowest BCUT2D eigenvalue weighted by molar-refractivity contribution is -0.116. The van der Waals surface area contributed by atoms with E-state index in [0.29, 0.717) is 34.6 Å². The zero-order valence-electron chi connectivity index (χ0n) is 13.1. The first-order chi connectivity index (χ1) is 11.6. The quantitative estimate of drug-likeness (QED) is 0.793. The van der Waals surface area contributed by atoms with E-state index >= 15 is 0 Å². The van der Waals surface area contributed by atoms with Crippen molar-refractivity contribution in [3.63, 3.8) is 0 Å². The number of hydrogen-bond donors (Lipinski definition) is 3. The van der Waals surface area contributed by atoms with E-state index in [4.69, 9.17) is 5.26 Å². The van der Waals surface area contributed by atoms with Crippen LogP contribution >= 0.6 is 0 Å². The van der Waals surface area contributed by atoms with Crippen molar-refractivity contribution in [3.8, 4) is 6.07 Å². The number of amides is 2. The summed E-state index contributed by atoms with van der Waals surface area (Å²) >= 11 is 0. The highest BCUT2D eigenvalue weighted by Gasteiger charge is 2.22. The molecule has 6 nitrogen and oxygen atoms in total. The Morgan fingerprint density at radius 3 is 2.71 bits per heavy atom. The Balaban J connectivity index is 1.89. The van der Waals surface area contributed by atoms with Gasteiger partial charge in [0, 0.05) is 18.2 Å². The smallest absolute Gasteiger partial charge is 0.257 e. The molecule has 24 heavy (non-hydrogen) atoms.